The Bertz CT molecular complexity index is 1140. The zero-order chi connectivity index (χ0) is 25.7. The minimum atomic E-state index is -0.308. The lowest BCUT2D eigenvalue weighted by molar-refractivity contribution is -0.0755. The van der Waals surface area contributed by atoms with Gasteiger partial charge in [0.25, 0.3) is 0 Å². The number of morpholine rings is 1. The second-order valence-electron chi connectivity index (χ2n) is 12.3. The molecule has 2 aliphatic heterocycles. The summed E-state index contributed by atoms with van der Waals surface area (Å²) in [7, 11) is 0. The van der Waals surface area contributed by atoms with Crippen LogP contribution in [-0.4, -0.2) is 42.1 Å². The average molecular weight is 490 g/mol. The van der Waals surface area contributed by atoms with Crippen molar-refractivity contribution in [3.05, 3.63) is 70.3 Å². The van der Waals surface area contributed by atoms with Crippen LogP contribution in [0.1, 0.15) is 86.0 Å². The van der Waals surface area contributed by atoms with E-state index in [-0.39, 0.29) is 47.3 Å². The topological polar surface area (TPSA) is 55.8 Å². The fraction of sp³-hybridized carbons (Fsp3) is 0.548. The number of carbonyl (C=O) groups excluding carboxylic acids is 2. The third kappa shape index (κ3) is 4.58. The number of nitrogens with zero attached hydrogens (tertiary/aromatic N) is 1. The molecule has 0 spiro atoms. The number of fused-ring (bicyclic) bond motifs is 3. The van der Waals surface area contributed by atoms with Gasteiger partial charge in [-0.05, 0) is 71.8 Å². The third-order valence-corrected chi connectivity index (χ3v) is 8.77. The fourth-order valence-electron chi connectivity index (χ4n) is 6.43. The van der Waals surface area contributed by atoms with E-state index in [0.717, 1.165) is 29.5 Å². The number of piperidine rings is 1. The van der Waals surface area contributed by atoms with Gasteiger partial charge in [-0.15, -0.1) is 0 Å². The Balaban J connectivity index is 1.34. The van der Waals surface area contributed by atoms with Crippen LogP contribution in [0.25, 0.3) is 0 Å². The maximum atomic E-state index is 13.9. The van der Waals surface area contributed by atoms with E-state index in [2.05, 4.69) is 46.8 Å². The number of hydrogen-bond donors (Lipinski definition) is 0. The molecule has 5 rings (SSSR count). The normalized spacial score (nSPS) is 26.1. The highest BCUT2D eigenvalue weighted by molar-refractivity contribution is 5.99. The standard InChI is InChI=1S/C31H39NO4/c1-20-13-26-27(31(4,5)12-11-30(26,2)3)16-25(20)28(33)22-14-23-18-35-19-24(15-22)32(23)29(34)36-17-21-9-7-6-8-10-21/h6-10,13,16,22-24H,11-12,14-15,17-19H2,1-5H3. The van der Waals surface area contributed by atoms with Gasteiger partial charge in [0, 0.05) is 11.5 Å². The first-order valence-electron chi connectivity index (χ1n) is 13.3. The molecule has 192 valence electrons. The highest BCUT2D eigenvalue weighted by atomic mass is 16.6. The van der Waals surface area contributed by atoms with Gasteiger partial charge in [0.15, 0.2) is 5.78 Å². The summed E-state index contributed by atoms with van der Waals surface area (Å²) in [6.07, 6.45) is 3.19. The van der Waals surface area contributed by atoms with Crippen molar-refractivity contribution in [3.63, 3.8) is 0 Å². The summed E-state index contributed by atoms with van der Waals surface area (Å²) in [6, 6.07) is 13.9. The Morgan fingerprint density at radius 3 is 2.14 bits per heavy atom. The molecule has 0 saturated carbocycles. The Hall–Kier alpha value is -2.66. The first-order valence-corrected chi connectivity index (χ1v) is 13.3. The van der Waals surface area contributed by atoms with Gasteiger partial charge in [-0.2, -0.15) is 0 Å². The number of ether oxygens (including phenoxy) is 2. The molecule has 1 aliphatic carbocycles. The SMILES string of the molecule is Cc1cc2c(cc1C(=O)C1CC3COCC(C1)N3C(=O)OCc1ccccc1)C(C)(C)CCC2(C)C. The van der Waals surface area contributed by atoms with Crippen molar-refractivity contribution < 1.29 is 19.1 Å². The molecular formula is C31H39NO4. The number of ketones is 1. The third-order valence-electron chi connectivity index (χ3n) is 8.77. The summed E-state index contributed by atoms with van der Waals surface area (Å²) >= 11 is 0. The number of carbonyl (C=O) groups is 2. The molecule has 2 unspecified atom stereocenters. The van der Waals surface area contributed by atoms with Crippen LogP contribution in [0.15, 0.2) is 42.5 Å². The summed E-state index contributed by atoms with van der Waals surface area (Å²) < 4.78 is 11.5. The van der Waals surface area contributed by atoms with Gasteiger partial charge in [0.1, 0.15) is 6.61 Å². The smallest absolute Gasteiger partial charge is 0.410 e. The Kier molecular flexibility index (Phi) is 6.48. The first-order chi connectivity index (χ1) is 17.1. The first kappa shape index (κ1) is 25.0. The lowest BCUT2D eigenvalue weighted by Gasteiger charge is -2.47. The van der Waals surface area contributed by atoms with Gasteiger partial charge in [0.2, 0.25) is 0 Å². The van der Waals surface area contributed by atoms with Gasteiger partial charge in [-0.25, -0.2) is 4.79 Å². The molecule has 0 aromatic heterocycles. The Morgan fingerprint density at radius 1 is 0.944 bits per heavy atom. The maximum absolute atomic E-state index is 13.9. The number of benzene rings is 2. The van der Waals surface area contributed by atoms with Crippen LogP contribution in [0.2, 0.25) is 0 Å². The molecular weight excluding hydrogens is 450 g/mol. The van der Waals surface area contributed by atoms with Crippen molar-refractivity contribution in [2.24, 2.45) is 5.92 Å². The van der Waals surface area contributed by atoms with Crippen LogP contribution in [0.3, 0.4) is 0 Å². The van der Waals surface area contributed by atoms with E-state index in [4.69, 9.17) is 9.47 Å². The van der Waals surface area contributed by atoms with E-state index in [9.17, 15) is 9.59 Å². The van der Waals surface area contributed by atoms with E-state index in [1.54, 1.807) is 0 Å². The van der Waals surface area contributed by atoms with Crippen LogP contribution in [0, 0.1) is 12.8 Å². The zero-order valence-electron chi connectivity index (χ0n) is 22.3. The second-order valence-corrected chi connectivity index (χ2v) is 12.3. The molecule has 3 aliphatic rings. The molecule has 1 amide bonds. The Labute approximate surface area is 215 Å². The maximum Gasteiger partial charge on any atom is 0.410 e. The minimum absolute atomic E-state index is 0.0593. The van der Waals surface area contributed by atoms with Gasteiger partial charge in [0.05, 0.1) is 25.3 Å². The van der Waals surface area contributed by atoms with Gasteiger partial charge >= 0.3 is 6.09 Å². The van der Waals surface area contributed by atoms with Crippen molar-refractivity contribution in [3.8, 4) is 0 Å². The van der Waals surface area contributed by atoms with Crippen LogP contribution in [0.4, 0.5) is 4.79 Å². The minimum Gasteiger partial charge on any atom is -0.445 e. The van der Waals surface area contributed by atoms with Crippen LogP contribution < -0.4 is 0 Å². The average Bonchev–Trinajstić information content (AvgIpc) is 2.84. The van der Waals surface area contributed by atoms with Crippen LogP contribution >= 0.6 is 0 Å². The van der Waals surface area contributed by atoms with Gasteiger partial charge < -0.3 is 9.47 Å². The van der Waals surface area contributed by atoms with E-state index in [0.29, 0.717) is 26.1 Å². The largest absolute Gasteiger partial charge is 0.445 e. The number of amides is 1. The van der Waals surface area contributed by atoms with Crippen molar-refractivity contribution in [2.75, 3.05) is 13.2 Å². The lowest BCUT2D eigenvalue weighted by atomic mass is 9.62. The van der Waals surface area contributed by atoms with E-state index in [1.807, 2.05) is 35.2 Å². The summed E-state index contributed by atoms with van der Waals surface area (Å²) in [5.74, 6) is 0.0993. The summed E-state index contributed by atoms with van der Waals surface area (Å²) in [4.78, 5) is 28.8. The molecule has 0 radical (unpaired) electrons. The van der Waals surface area contributed by atoms with Crippen LogP contribution in [0.5, 0.6) is 0 Å². The molecule has 2 aromatic carbocycles. The second kappa shape index (κ2) is 9.33. The highest BCUT2D eigenvalue weighted by Crippen LogP contribution is 2.47. The van der Waals surface area contributed by atoms with E-state index >= 15 is 0 Å². The van der Waals surface area contributed by atoms with Crippen molar-refractivity contribution >= 4 is 11.9 Å². The quantitative estimate of drug-likeness (QED) is 0.470. The molecule has 2 bridgehead atoms. The summed E-state index contributed by atoms with van der Waals surface area (Å²) in [5, 5.41) is 0. The highest BCUT2D eigenvalue weighted by Gasteiger charge is 2.45. The van der Waals surface area contributed by atoms with Gasteiger partial charge in [-0.1, -0.05) is 64.1 Å². The summed E-state index contributed by atoms with van der Waals surface area (Å²) in [5.41, 5.74) is 5.76. The molecule has 0 N–H and O–H groups in total. The zero-order valence-corrected chi connectivity index (χ0v) is 22.3. The van der Waals surface area contributed by atoms with Crippen molar-refractivity contribution in [1.29, 1.82) is 0 Å². The molecule has 2 fully saturated rings. The van der Waals surface area contributed by atoms with E-state index < -0.39 is 0 Å². The number of hydrogen-bond acceptors (Lipinski definition) is 4. The number of rotatable bonds is 4. The molecule has 36 heavy (non-hydrogen) atoms. The molecule has 2 saturated heterocycles. The van der Waals surface area contributed by atoms with Crippen molar-refractivity contribution in [1.82, 2.24) is 4.90 Å². The summed E-state index contributed by atoms with van der Waals surface area (Å²) in [6.45, 7) is 12.4. The predicted molar refractivity (Wildman–Crippen MR) is 140 cm³/mol. The molecule has 2 aromatic rings. The number of aryl methyl sites for hydroxylation is 1. The van der Waals surface area contributed by atoms with Crippen molar-refractivity contribution in [2.45, 2.75) is 89.8 Å². The predicted octanol–water partition coefficient (Wildman–Crippen LogP) is 6.34. The molecule has 2 heterocycles. The van der Waals surface area contributed by atoms with E-state index in [1.165, 1.54) is 11.1 Å². The Morgan fingerprint density at radius 2 is 1.53 bits per heavy atom. The lowest BCUT2D eigenvalue weighted by Crippen LogP contribution is -2.60. The number of Topliss-reactive ketones (excluding diaryl/α,β-unsaturated/α-hetero) is 1. The molecule has 5 nitrogen and oxygen atoms in total. The van der Waals surface area contributed by atoms with Crippen LogP contribution in [-0.2, 0) is 26.9 Å². The molecule has 2 atom stereocenters. The van der Waals surface area contributed by atoms with Gasteiger partial charge in [-0.3, -0.25) is 9.69 Å². The molecule has 5 heteroatoms. The monoisotopic (exact) mass is 489 g/mol. The fourth-order valence-corrected chi connectivity index (χ4v) is 6.43.